The number of anilines is 1. The lowest BCUT2D eigenvalue weighted by molar-refractivity contribution is -0.122. The van der Waals surface area contributed by atoms with Gasteiger partial charge in [0.1, 0.15) is 11.5 Å². The number of ether oxygens (including phenoxy) is 1. The van der Waals surface area contributed by atoms with Gasteiger partial charge in [0.25, 0.3) is 0 Å². The molecule has 2 aromatic rings. The number of carbonyl (C=O) groups excluding carboxylic acids is 2. The van der Waals surface area contributed by atoms with Gasteiger partial charge in [-0.2, -0.15) is 0 Å². The fraction of sp³-hybridized carbons (Fsp3) is 0.353. The summed E-state index contributed by atoms with van der Waals surface area (Å²) in [6, 6.07) is 11.0. The topological polar surface area (TPSA) is 84.7 Å². The Morgan fingerprint density at radius 3 is 2.67 bits per heavy atom. The lowest BCUT2D eigenvalue weighted by atomic mass is 10.3. The minimum absolute atomic E-state index is 0.134. The first-order chi connectivity index (χ1) is 11.6. The fourth-order valence-electron chi connectivity index (χ4n) is 2.09. The first kappa shape index (κ1) is 17.5. The van der Waals surface area contributed by atoms with Crippen LogP contribution in [-0.2, 0) is 9.59 Å². The molecule has 24 heavy (non-hydrogen) atoms. The Bertz CT molecular complexity index is 669. The van der Waals surface area contributed by atoms with Gasteiger partial charge < -0.3 is 14.6 Å². The Hall–Kier alpha value is -2.83. The monoisotopic (exact) mass is 331 g/mol. The fourth-order valence-corrected chi connectivity index (χ4v) is 2.09. The van der Waals surface area contributed by atoms with Crippen molar-refractivity contribution < 1.29 is 18.8 Å². The van der Waals surface area contributed by atoms with Crippen molar-refractivity contribution in [2.75, 3.05) is 24.6 Å². The van der Waals surface area contributed by atoms with E-state index in [4.69, 9.17) is 9.26 Å². The third-order valence-electron chi connectivity index (χ3n) is 3.27. The van der Waals surface area contributed by atoms with Gasteiger partial charge >= 0.3 is 0 Å². The second-order valence-corrected chi connectivity index (χ2v) is 5.23. The van der Waals surface area contributed by atoms with Crippen LogP contribution in [-0.4, -0.2) is 36.7 Å². The van der Waals surface area contributed by atoms with Gasteiger partial charge in [0.15, 0.2) is 5.82 Å². The number of hydrogen-bond donors (Lipinski definition) is 1. The summed E-state index contributed by atoms with van der Waals surface area (Å²) in [5, 5.41) is 6.58. The van der Waals surface area contributed by atoms with Gasteiger partial charge in [0, 0.05) is 26.1 Å². The molecule has 7 heteroatoms. The number of nitrogens with zero attached hydrogens (tertiary/aromatic N) is 2. The van der Waals surface area contributed by atoms with Crippen molar-refractivity contribution in [3.8, 4) is 5.75 Å². The first-order valence-corrected chi connectivity index (χ1v) is 7.72. The zero-order chi connectivity index (χ0) is 17.4. The molecule has 0 fully saturated rings. The summed E-state index contributed by atoms with van der Waals surface area (Å²) in [7, 11) is 0. The van der Waals surface area contributed by atoms with Crippen LogP contribution < -0.4 is 15.0 Å². The Labute approximate surface area is 140 Å². The molecule has 1 heterocycles. The minimum Gasteiger partial charge on any atom is -0.493 e. The molecule has 0 spiro atoms. The zero-order valence-corrected chi connectivity index (χ0v) is 13.8. The van der Waals surface area contributed by atoms with Crippen molar-refractivity contribution in [1.82, 2.24) is 10.5 Å². The molecule has 2 rings (SSSR count). The van der Waals surface area contributed by atoms with E-state index in [1.165, 1.54) is 11.8 Å². The van der Waals surface area contributed by atoms with Gasteiger partial charge in [-0.05, 0) is 19.1 Å². The lowest BCUT2D eigenvalue weighted by Crippen LogP contribution is -2.38. The first-order valence-electron chi connectivity index (χ1n) is 7.72. The summed E-state index contributed by atoms with van der Waals surface area (Å²) in [6.07, 6.45) is 0.248. The molecule has 0 unspecified atom stereocenters. The summed E-state index contributed by atoms with van der Waals surface area (Å²) >= 11 is 0. The van der Waals surface area contributed by atoms with Crippen molar-refractivity contribution in [1.29, 1.82) is 0 Å². The van der Waals surface area contributed by atoms with Crippen LogP contribution in [0.3, 0.4) is 0 Å². The Balaban J connectivity index is 1.70. The van der Waals surface area contributed by atoms with Crippen molar-refractivity contribution in [2.24, 2.45) is 0 Å². The lowest BCUT2D eigenvalue weighted by Gasteiger charge is -2.17. The van der Waals surface area contributed by atoms with Gasteiger partial charge in [0.2, 0.25) is 11.8 Å². The number of para-hydroxylation sites is 1. The largest absolute Gasteiger partial charge is 0.493 e. The van der Waals surface area contributed by atoms with E-state index in [0.29, 0.717) is 31.3 Å². The second kappa shape index (κ2) is 8.71. The Morgan fingerprint density at radius 1 is 1.29 bits per heavy atom. The predicted molar refractivity (Wildman–Crippen MR) is 88.8 cm³/mol. The van der Waals surface area contributed by atoms with Gasteiger partial charge in [-0.1, -0.05) is 23.4 Å². The minimum atomic E-state index is -0.162. The number of aromatic nitrogens is 1. The van der Waals surface area contributed by atoms with E-state index >= 15 is 0 Å². The molecule has 0 aliphatic rings. The quantitative estimate of drug-likeness (QED) is 0.799. The summed E-state index contributed by atoms with van der Waals surface area (Å²) in [6.45, 7) is 4.15. The van der Waals surface area contributed by atoms with Crippen LogP contribution in [0.1, 0.15) is 19.1 Å². The molecule has 0 radical (unpaired) electrons. The number of carbonyl (C=O) groups is 2. The maximum atomic E-state index is 11.8. The maximum absolute atomic E-state index is 11.8. The van der Waals surface area contributed by atoms with Gasteiger partial charge in [-0.15, -0.1) is 0 Å². The predicted octanol–water partition coefficient (Wildman–Crippen LogP) is 1.92. The average molecular weight is 331 g/mol. The van der Waals surface area contributed by atoms with Crippen molar-refractivity contribution in [3.63, 3.8) is 0 Å². The molecule has 0 bridgehead atoms. The van der Waals surface area contributed by atoms with E-state index in [2.05, 4.69) is 10.5 Å². The summed E-state index contributed by atoms with van der Waals surface area (Å²) in [5.74, 6) is 1.50. The molecule has 128 valence electrons. The van der Waals surface area contributed by atoms with Crippen molar-refractivity contribution in [3.05, 3.63) is 42.2 Å². The second-order valence-electron chi connectivity index (χ2n) is 5.23. The number of aryl methyl sites for hydroxylation is 1. The number of benzene rings is 1. The molecule has 2 amide bonds. The molecule has 0 atom stereocenters. The van der Waals surface area contributed by atoms with Crippen LogP contribution in [0.4, 0.5) is 5.82 Å². The zero-order valence-electron chi connectivity index (χ0n) is 13.8. The third-order valence-corrected chi connectivity index (χ3v) is 3.27. The van der Waals surface area contributed by atoms with Crippen LogP contribution in [0.5, 0.6) is 5.75 Å². The van der Waals surface area contributed by atoms with E-state index in [9.17, 15) is 9.59 Å². The van der Waals surface area contributed by atoms with Crippen molar-refractivity contribution >= 4 is 17.6 Å². The number of nitrogens with one attached hydrogen (secondary N) is 1. The van der Waals surface area contributed by atoms with Gasteiger partial charge in [0.05, 0.1) is 13.0 Å². The summed E-state index contributed by atoms with van der Waals surface area (Å²) in [4.78, 5) is 24.9. The highest BCUT2D eigenvalue weighted by Crippen LogP contribution is 2.13. The van der Waals surface area contributed by atoms with Crippen molar-refractivity contribution in [2.45, 2.75) is 20.3 Å². The molecule has 0 saturated carbocycles. The molecule has 1 aromatic heterocycles. The van der Waals surface area contributed by atoms with Crippen LogP contribution in [0.15, 0.2) is 40.9 Å². The van der Waals surface area contributed by atoms with E-state index in [0.717, 1.165) is 5.75 Å². The number of amides is 2. The molecule has 1 aromatic carbocycles. The molecule has 0 saturated heterocycles. The van der Waals surface area contributed by atoms with Crippen LogP contribution in [0, 0.1) is 6.92 Å². The van der Waals surface area contributed by atoms with Crippen LogP contribution in [0.2, 0.25) is 0 Å². The highest BCUT2D eigenvalue weighted by atomic mass is 16.5. The van der Waals surface area contributed by atoms with Gasteiger partial charge in [-0.25, -0.2) is 0 Å². The Morgan fingerprint density at radius 2 is 2.04 bits per heavy atom. The highest BCUT2D eigenvalue weighted by molar-refractivity contribution is 5.90. The molecular weight excluding hydrogens is 310 g/mol. The SMILES string of the molecule is CC(=O)N(CCNC(=O)CCOc1ccccc1)c1cc(C)on1. The molecule has 1 N–H and O–H groups in total. The smallest absolute Gasteiger partial charge is 0.225 e. The van der Waals surface area contributed by atoms with E-state index < -0.39 is 0 Å². The number of rotatable bonds is 8. The summed E-state index contributed by atoms with van der Waals surface area (Å²) in [5.41, 5.74) is 0. The Kier molecular flexibility index (Phi) is 6.36. The number of hydrogen-bond acceptors (Lipinski definition) is 5. The maximum Gasteiger partial charge on any atom is 0.225 e. The normalized spacial score (nSPS) is 10.2. The van der Waals surface area contributed by atoms with Crippen LogP contribution >= 0.6 is 0 Å². The van der Waals surface area contributed by atoms with Gasteiger partial charge in [-0.3, -0.25) is 14.5 Å². The van der Waals surface area contributed by atoms with Crippen LogP contribution in [0.25, 0.3) is 0 Å². The third kappa shape index (κ3) is 5.42. The van der Waals surface area contributed by atoms with E-state index in [1.807, 2.05) is 30.3 Å². The average Bonchev–Trinajstić information content (AvgIpc) is 2.98. The highest BCUT2D eigenvalue weighted by Gasteiger charge is 2.15. The summed E-state index contributed by atoms with van der Waals surface area (Å²) < 4.78 is 10.4. The molecule has 7 nitrogen and oxygen atoms in total. The molecule has 0 aliphatic carbocycles. The standard InChI is InChI=1S/C17H21N3O4/c1-13-12-16(19-24-13)20(14(2)21)10-9-18-17(22)8-11-23-15-6-4-3-5-7-15/h3-7,12H,8-11H2,1-2H3,(H,18,22). The van der Waals surface area contributed by atoms with E-state index in [-0.39, 0.29) is 18.2 Å². The molecular formula is C17H21N3O4. The van der Waals surface area contributed by atoms with E-state index in [1.54, 1.807) is 13.0 Å². The molecule has 0 aliphatic heterocycles.